The summed E-state index contributed by atoms with van der Waals surface area (Å²) in [5.41, 5.74) is 2.05. The Morgan fingerprint density at radius 3 is 2.79 bits per heavy atom. The Morgan fingerprint density at radius 1 is 1.10 bits per heavy atom. The summed E-state index contributed by atoms with van der Waals surface area (Å²) in [6.45, 7) is 3.88. The van der Waals surface area contributed by atoms with Crippen LogP contribution in [0.5, 0.6) is 0 Å². The van der Waals surface area contributed by atoms with Gasteiger partial charge < -0.3 is 8.98 Å². The molecule has 1 saturated heterocycles. The molecule has 5 rings (SSSR count). The fraction of sp³-hybridized carbons (Fsp3) is 0.333. The number of piperidine rings is 1. The zero-order valence-electron chi connectivity index (χ0n) is 17.0. The van der Waals surface area contributed by atoms with Crippen molar-refractivity contribution in [1.29, 1.82) is 0 Å². The van der Waals surface area contributed by atoms with Crippen molar-refractivity contribution in [3.05, 3.63) is 72.1 Å². The van der Waals surface area contributed by atoms with Gasteiger partial charge in [-0.15, -0.1) is 0 Å². The van der Waals surface area contributed by atoms with Crippen molar-refractivity contribution in [2.75, 3.05) is 6.54 Å². The number of oxazole rings is 1. The first-order valence-electron chi connectivity index (χ1n) is 10.4. The fourth-order valence-corrected chi connectivity index (χ4v) is 4.38. The molecule has 29 heavy (non-hydrogen) atoms. The number of imidazole rings is 1. The molecule has 0 bridgehead atoms. The minimum absolute atomic E-state index is 0.337. The molecular weight excluding hydrogens is 360 g/mol. The molecule has 2 aromatic carbocycles. The number of rotatable bonds is 4. The molecule has 2 aromatic heterocycles. The van der Waals surface area contributed by atoms with Gasteiger partial charge in [0.2, 0.25) is 5.89 Å². The number of hydrogen-bond donors (Lipinski definition) is 0. The lowest BCUT2D eigenvalue weighted by Crippen LogP contribution is -2.34. The smallest absolute Gasteiger partial charge is 0.226 e. The monoisotopic (exact) mass is 386 g/mol. The summed E-state index contributed by atoms with van der Waals surface area (Å²) in [7, 11) is 2.08. The molecule has 1 aliphatic rings. The van der Waals surface area contributed by atoms with Crippen molar-refractivity contribution in [2.45, 2.75) is 38.8 Å². The molecule has 0 N–H and O–H groups in total. The van der Waals surface area contributed by atoms with Gasteiger partial charge in [-0.25, -0.2) is 9.97 Å². The Bertz CT molecular complexity index is 1140. The molecule has 0 radical (unpaired) electrons. The second-order valence-corrected chi connectivity index (χ2v) is 7.96. The standard InChI is InChI=1S/C24H26N4O/c1-17-21(16-28-13-6-5-9-22(28)23-25-12-14-27(23)2)26-24(29-17)20-11-10-18-7-3-4-8-19(18)15-20/h3-4,7-8,10-12,14-15,22H,5-6,9,13,16H2,1-2H3. The van der Waals surface area contributed by atoms with Crippen molar-refractivity contribution in [3.8, 4) is 11.5 Å². The lowest BCUT2D eigenvalue weighted by molar-refractivity contribution is 0.129. The number of aromatic nitrogens is 3. The number of likely N-dealkylation sites (tertiary alicyclic amines) is 1. The van der Waals surface area contributed by atoms with Crippen molar-refractivity contribution in [3.63, 3.8) is 0 Å². The Labute approximate surface area is 171 Å². The van der Waals surface area contributed by atoms with E-state index >= 15 is 0 Å². The Balaban J connectivity index is 1.43. The largest absolute Gasteiger partial charge is 0.441 e. The van der Waals surface area contributed by atoms with Crippen LogP contribution in [0.3, 0.4) is 0 Å². The van der Waals surface area contributed by atoms with Crippen LogP contribution in [0.25, 0.3) is 22.2 Å². The normalized spacial score (nSPS) is 17.8. The second kappa shape index (κ2) is 7.48. The first-order chi connectivity index (χ1) is 14.2. The van der Waals surface area contributed by atoms with Gasteiger partial charge in [-0.3, -0.25) is 4.90 Å². The molecule has 1 aliphatic heterocycles. The number of hydrogen-bond acceptors (Lipinski definition) is 4. The second-order valence-electron chi connectivity index (χ2n) is 7.96. The van der Waals surface area contributed by atoms with Crippen LogP contribution in [0.15, 0.2) is 59.3 Å². The molecule has 5 heteroatoms. The quantitative estimate of drug-likeness (QED) is 0.480. The summed E-state index contributed by atoms with van der Waals surface area (Å²) < 4.78 is 8.22. The van der Waals surface area contributed by atoms with Crippen LogP contribution in [-0.2, 0) is 13.6 Å². The maximum atomic E-state index is 6.08. The number of aryl methyl sites for hydroxylation is 2. The molecule has 0 saturated carbocycles. The molecule has 1 fully saturated rings. The molecule has 1 unspecified atom stereocenters. The summed E-state index contributed by atoms with van der Waals surface area (Å²) in [5.74, 6) is 2.74. The van der Waals surface area contributed by atoms with E-state index in [1.807, 2.05) is 19.3 Å². The predicted octanol–water partition coefficient (Wildman–Crippen LogP) is 5.26. The minimum atomic E-state index is 0.337. The lowest BCUT2D eigenvalue weighted by atomic mass is 10.0. The van der Waals surface area contributed by atoms with Crippen LogP contribution in [0.4, 0.5) is 0 Å². The highest BCUT2D eigenvalue weighted by atomic mass is 16.4. The average Bonchev–Trinajstić information content (AvgIpc) is 3.34. The highest BCUT2D eigenvalue weighted by Gasteiger charge is 2.28. The molecule has 0 amide bonds. The van der Waals surface area contributed by atoms with E-state index in [4.69, 9.17) is 9.40 Å². The molecule has 4 aromatic rings. The van der Waals surface area contributed by atoms with Gasteiger partial charge in [0.15, 0.2) is 0 Å². The highest BCUT2D eigenvalue weighted by molar-refractivity contribution is 5.86. The van der Waals surface area contributed by atoms with Crippen molar-refractivity contribution < 1.29 is 4.42 Å². The van der Waals surface area contributed by atoms with Gasteiger partial charge in [-0.05, 0) is 49.2 Å². The minimum Gasteiger partial charge on any atom is -0.441 e. The maximum Gasteiger partial charge on any atom is 0.226 e. The predicted molar refractivity (Wildman–Crippen MR) is 114 cm³/mol. The third-order valence-electron chi connectivity index (χ3n) is 6.01. The summed E-state index contributed by atoms with van der Waals surface area (Å²) in [6, 6.07) is 15.1. The van der Waals surface area contributed by atoms with E-state index in [9.17, 15) is 0 Å². The average molecular weight is 386 g/mol. The third kappa shape index (κ3) is 3.47. The van der Waals surface area contributed by atoms with Gasteiger partial charge in [-0.1, -0.05) is 36.8 Å². The van der Waals surface area contributed by atoms with Crippen molar-refractivity contribution in [1.82, 2.24) is 19.4 Å². The SMILES string of the molecule is Cc1oc(-c2ccc3ccccc3c2)nc1CN1CCCCC1c1nccn1C. The topological polar surface area (TPSA) is 47.1 Å². The van der Waals surface area contributed by atoms with E-state index in [0.717, 1.165) is 42.4 Å². The van der Waals surface area contributed by atoms with Gasteiger partial charge in [0.25, 0.3) is 0 Å². The molecule has 0 spiro atoms. The molecule has 1 atom stereocenters. The van der Waals surface area contributed by atoms with E-state index in [0.29, 0.717) is 11.9 Å². The zero-order valence-corrected chi connectivity index (χ0v) is 17.0. The first-order valence-corrected chi connectivity index (χ1v) is 10.4. The zero-order chi connectivity index (χ0) is 19.8. The van der Waals surface area contributed by atoms with Gasteiger partial charge in [-0.2, -0.15) is 0 Å². The van der Waals surface area contributed by atoms with E-state index in [1.165, 1.54) is 23.6 Å². The number of benzene rings is 2. The Kier molecular flexibility index (Phi) is 4.68. The summed E-state index contributed by atoms with van der Waals surface area (Å²) in [6.07, 6.45) is 7.52. The molecular formula is C24H26N4O. The van der Waals surface area contributed by atoms with E-state index < -0.39 is 0 Å². The molecule has 0 aliphatic carbocycles. The number of nitrogens with zero attached hydrogens (tertiary/aromatic N) is 4. The van der Waals surface area contributed by atoms with Gasteiger partial charge in [0.1, 0.15) is 11.6 Å². The highest BCUT2D eigenvalue weighted by Crippen LogP contribution is 2.32. The Hall–Kier alpha value is -2.92. The maximum absolute atomic E-state index is 6.08. The van der Waals surface area contributed by atoms with Crippen LogP contribution in [-0.4, -0.2) is 26.0 Å². The third-order valence-corrected chi connectivity index (χ3v) is 6.01. The van der Waals surface area contributed by atoms with E-state index in [2.05, 4.69) is 64.0 Å². The van der Waals surface area contributed by atoms with E-state index in [1.54, 1.807) is 0 Å². The summed E-state index contributed by atoms with van der Waals surface area (Å²) in [4.78, 5) is 12.0. The van der Waals surface area contributed by atoms with Crippen LogP contribution < -0.4 is 0 Å². The van der Waals surface area contributed by atoms with Crippen LogP contribution >= 0.6 is 0 Å². The van der Waals surface area contributed by atoms with Crippen molar-refractivity contribution in [2.24, 2.45) is 7.05 Å². The molecule has 148 valence electrons. The summed E-state index contributed by atoms with van der Waals surface area (Å²) in [5, 5.41) is 2.43. The van der Waals surface area contributed by atoms with Crippen LogP contribution in [0.2, 0.25) is 0 Å². The first kappa shape index (κ1) is 18.1. The van der Waals surface area contributed by atoms with Crippen LogP contribution in [0, 0.1) is 6.92 Å². The van der Waals surface area contributed by atoms with Gasteiger partial charge >= 0.3 is 0 Å². The summed E-state index contributed by atoms with van der Waals surface area (Å²) >= 11 is 0. The lowest BCUT2D eigenvalue weighted by Gasteiger charge is -2.34. The van der Waals surface area contributed by atoms with Crippen molar-refractivity contribution >= 4 is 10.8 Å². The molecule has 5 nitrogen and oxygen atoms in total. The fourth-order valence-electron chi connectivity index (χ4n) is 4.38. The Morgan fingerprint density at radius 2 is 1.97 bits per heavy atom. The van der Waals surface area contributed by atoms with E-state index in [-0.39, 0.29) is 0 Å². The van der Waals surface area contributed by atoms with Gasteiger partial charge in [0.05, 0.1) is 11.7 Å². The number of fused-ring (bicyclic) bond motifs is 1. The van der Waals surface area contributed by atoms with Crippen LogP contribution in [0.1, 0.15) is 42.6 Å². The molecule has 3 heterocycles. The van der Waals surface area contributed by atoms with Gasteiger partial charge in [0, 0.05) is 31.5 Å².